The van der Waals surface area contributed by atoms with Crippen molar-refractivity contribution in [3.63, 3.8) is 0 Å². The Kier molecular flexibility index (Phi) is 4.03. The van der Waals surface area contributed by atoms with E-state index in [0.29, 0.717) is 0 Å². The maximum absolute atomic E-state index is 13.2. The third kappa shape index (κ3) is 2.69. The van der Waals surface area contributed by atoms with Crippen molar-refractivity contribution in [3.05, 3.63) is 83.4 Å². The summed E-state index contributed by atoms with van der Waals surface area (Å²) in [7, 11) is 0. The van der Waals surface area contributed by atoms with Gasteiger partial charge in [-0.2, -0.15) is 0 Å². The Morgan fingerprint density at radius 1 is 1.00 bits per heavy atom. The zero-order valence-electron chi connectivity index (χ0n) is 13.6. The average Bonchev–Trinajstić information content (AvgIpc) is 3.11. The molecule has 1 aliphatic heterocycles. The number of hydrogen-bond donors (Lipinski definition) is 0. The average molecular weight is 333 g/mol. The number of nitrogens with zero attached hydrogens (tertiary/aromatic N) is 1. The van der Waals surface area contributed by atoms with Crippen molar-refractivity contribution in [2.45, 2.75) is 12.3 Å². The highest BCUT2D eigenvalue weighted by atomic mass is 32.2. The zero-order chi connectivity index (χ0) is 16.5. The van der Waals surface area contributed by atoms with Crippen molar-refractivity contribution in [1.29, 1.82) is 0 Å². The standard InChI is InChI=1S/C21H19NOS/c1-15-9-11-17(12-10-15)21-22(13-14-24-21)20(23)19-8-4-6-16-5-2-3-7-18(16)19/h2-12,21H,13-14H2,1H3. The van der Waals surface area contributed by atoms with Gasteiger partial charge < -0.3 is 4.90 Å². The summed E-state index contributed by atoms with van der Waals surface area (Å²) in [4.78, 5) is 15.2. The Bertz CT molecular complexity index is 882. The lowest BCUT2D eigenvalue weighted by Gasteiger charge is -2.25. The topological polar surface area (TPSA) is 20.3 Å². The Morgan fingerprint density at radius 3 is 2.58 bits per heavy atom. The molecular weight excluding hydrogens is 314 g/mol. The van der Waals surface area contributed by atoms with Gasteiger partial charge in [-0.3, -0.25) is 4.79 Å². The molecule has 0 aliphatic carbocycles. The number of hydrogen-bond acceptors (Lipinski definition) is 2. The Labute approximate surface area is 146 Å². The van der Waals surface area contributed by atoms with Gasteiger partial charge in [-0.25, -0.2) is 0 Å². The van der Waals surface area contributed by atoms with Crippen LogP contribution in [-0.2, 0) is 0 Å². The van der Waals surface area contributed by atoms with Crippen LogP contribution >= 0.6 is 11.8 Å². The highest BCUT2D eigenvalue weighted by Crippen LogP contribution is 2.39. The fraction of sp³-hybridized carbons (Fsp3) is 0.190. The summed E-state index contributed by atoms with van der Waals surface area (Å²) in [6.07, 6.45) is 0. The molecule has 4 rings (SSSR count). The van der Waals surface area contributed by atoms with Crippen LogP contribution in [0.25, 0.3) is 10.8 Å². The van der Waals surface area contributed by atoms with Gasteiger partial charge in [0.05, 0.1) is 0 Å². The van der Waals surface area contributed by atoms with E-state index < -0.39 is 0 Å². The molecule has 0 spiro atoms. The van der Waals surface area contributed by atoms with Crippen LogP contribution < -0.4 is 0 Å². The van der Waals surface area contributed by atoms with Crippen molar-refractivity contribution in [2.75, 3.05) is 12.3 Å². The van der Waals surface area contributed by atoms with Gasteiger partial charge in [0.2, 0.25) is 0 Å². The molecule has 1 fully saturated rings. The Hall–Kier alpha value is -2.26. The smallest absolute Gasteiger partial charge is 0.255 e. The minimum atomic E-state index is 0.108. The van der Waals surface area contributed by atoms with Gasteiger partial charge in [0, 0.05) is 17.9 Å². The van der Waals surface area contributed by atoms with E-state index in [1.165, 1.54) is 11.1 Å². The minimum Gasteiger partial charge on any atom is -0.322 e. The number of carbonyl (C=O) groups is 1. The molecule has 0 bridgehead atoms. The van der Waals surface area contributed by atoms with Crippen molar-refractivity contribution in [2.24, 2.45) is 0 Å². The fourth-order valence-electron chi connectivity index (χ4n) is 3.25. The molecule has 0 radical (unpaired) electrons. The Balaban J connectivity index is 1.71. The first-order chi connectivity index (χ1) is 11.7. The van der Waals surface area contributed by atoms with Gasteiger partial charge in [0.1, 0.15) is 5.37 Å². The molecule has 3 aromatic rings. The van der Waals surface area contributed by atoms with Crippen LogP contribution in [0.1, 0.15) is 26.9 Å². The van der Waals surface area contributed by atoms with Crippen LogP contribution in [0.2, 0.25) is 0 Å². The van der Waals surface area contributed by atoms with Gasteiger partial charge in [-0.1, -0.05) is 66.2 Å². The summed E-state index contributed by atoms with van der Waals surface area (Å²) >= 11 is 1.84. The van der Waals surface area contributed by atoms with E-state index in [1.54, 1.807) is 0 Å². The quantitative estimate of drug-likeness (QED) is 0.655. The van der Waals surface area contributed by atoms with Crippen molar-refractivity contribution in [3.8, 4) is 0 Å². The number of amides is 1. The summed E-state index contributed by atoms with van der Waals surface area (Å²) < 4.78 is 0. The van der Waals surface area contributed by atoms with Gasteiger partial charge in [-0.15, -0.1) is 11.8 Å². The van der Waals surface area contributed by atoms with Crippen LogP contribution in [0.5, 0.6) is 0 Å². The van der Waals surface area contributed by atoms with E-state index in [1.807, 2.05) is 47.0 Å². The van der Waals surface area contributed by atoms with E-state index in [0.717, 1.165) is 28.6 Å². The lowest BCUT2D eigenvalue weighted by molar-refractivity contribution is 0.0762. The number of carbonyl (C=O) groups excluding carboxylic acids is 1. The molecule has 2 nitrogen and oxygen atoms in total. The molecule has 3 heteroatoms. The number of rotatable bonds is 2. The lowest BCUT2D eigenvalue weighted by atomic mass is 10.0. The number of fused-ring (bicyclic) bond motifs is 1. The van der Waals surface area contributed by atoms with Crippen LogP contribution in [0.3, 0.4) is 0 Å². The van der Waals surface area contributed by atoms with Gasteiger partial charge >= 0.3 is 0 Å². The summed E-state index contributed by atoms with van der Waals surface area (Å²) in [6, 6.07) is 22.6. The van der Waals surface area contributed by atoms with E-state index >= 15 is 0 Å². The molecule has 24 heavy (non-hydrogen) atoms. The summed E-state index contributed by atoms with van der Waals surface area (Å²) in [6.45, 7) is 2.88. The van der Waals surface area contributed by atoms with Crippen molar-refractivity contribution < 1.29 is 4.79 Å². The van der Waals surface area contributed by atoms with E-state index in [-0.39, 0.29) is 11.3 Å². The maximum atomic E-state index is 13.2. The number of aryl methyl sites for hydroxylation is 1. The van der Waals surface area contributed by atoms with Gasteiger partial charge in [-0.05, 0) is 29.3 Å². The largest absolute Gasteiger partial charge is 0.322 e. The fourth-order valence-corrected chi connectivity index (χ4v) is 4.51. The van der Waals surface area contributed by atoms with Crippen molar-refractivity contribution in [1.82, 2.24) is 4.90 Å². The van der Waals surface area contributed by atoms with Gasteiger partial charge in [0.25, 0.3) is 5.91 Å². The van der Waals surface area contributed by atoms with Crippen LogP contribution in [0.4, 0.5) is 0 Å². The second-order valence-electron chi connectivity index (χ2n) is 6.16. The highest BCUT2D eigenvalue weighted by molar-refractivity contribution is 7.99. The first kappa shape index (κ1) is 15.3. The first-order valence-electron chi connectivity index (χ1n) is 8.21. The highest BCUT2D eigenvalue weighted by Gasteiger charge is 2.31. The summed E-state index contributed by atoms with van der Waals surface area (Å²) in [5, 5.41) is 2.25. The second-order valence-corrected chi connectivity index (χ2v) is 7.35. The van der Waals surface area contributed by atoms with Crippen LogP contribution in [-0.4, -0.2) is 23.1 Å². The molecule has 0 aromatic heterocycles. The third-order valence-electron chi connectivity index (χ3n) is 4.53. The molecule has 3 aromatic carbocycles. The third-order valence-corrected chi connectivity index (χ3v) is 5.80. The summed E-state index contributed by atoms with van der Waals surface area (Å²) in [5.74, 6) is 1.11. The monoisotopic (exact) mass is 333 g/mol. The molecular formula is C21H19NOS. The number of thioether (sulfide) groups is 1. The van der Waals surface area contributed by atoms with Crippen molar-refractivity contribution >= 4 is 28.4 Å². The molecule has 120 valence electrons. The predicted molar refractivity (Wildman–Crippen MR) is 101 cm³/mol. The normalized spacial score (nSPS) is 17.4. The van der Waals surface area contributed by atoms with Gasteiger partial charge in [0.15, 0.2) is 0 Å². The molecule has 1 saturated heterocycles. The van der Waals surface area contributed by atoms with E-state index in [4.69, 9.17) is 0 Å². The predicted octanol–water partition coefficient (Wildman–Crippen LogP) is 5.04. The molecule has 1 atom stereocenters. The maximum Gasteiger partial charge on any atom is 0.255 e. The zero-order valence-corrected chi connectivity index (χ0v) is 14.4. The van der Waals surface area contributed by atoms with Crippen LogP contribution in [0, 0.1) is 6.92 Å². The molecule has 1 aliphatic rings. The second kappa shape index (κ2) is 6.33. The minimum absolute atomic E-state index is 0.108. The molecule has 0 saturated carbocycles. The SMILES string of the molecule is Cc1ccc(C2SCCN2C(=O)c2cccc3ccccc23)cc1. The Morgan fingerprint density at radius 2 is 1.75 bits per heavy atom. The molecule has 1 heterocycles. The molecule has 0 N–H and O–H groups in total. The summed E-state index contributed by atoms with van der Waals surface area (Å²) in [5.41, 5.74) is 3.25. The van der Waals surface area contributed by atoms with E-state index in [9.17, 15) is 4.79 Å². The number of benzene rings is 3. The van der Waals surface area contributed by atoms with E-state index in [2.05, 4.69) is 43.3 Å². The van der Waals surface area contributed by atoms with Crippen LogP contribution in [0.15, 0.2) is 66.7 Å². The molecule has 1 unspecified atom stereocenters. The lowest BCUT2D eigenvalue weighted by Crippen LogP contribution is -2.30. The molecule has 1 amide bonds. The first-order valence-corrected chi connectivity index (χ1v) is 9.26.